The Kier molecular flexibility index (Phi) is 4.07. The van der Waals surface area contributed by atoms with Gasteiger partial charge >= 0.3 is 0 Å². The van der Waals surface area contributed by atoms with Crippen molar-refractivity contribution in [1.82, 2.24) is 0 Å². The van der Waals surface area contributed by atoms with Crippen LogP contribution < -0.4 is 5.73 Å². The van der Waals surface area contributed by atoms with E-state index in [2.05, 4.69) is 0 Å². The van der Waals surface area contributed by atoms with Crippen LogP contribution in [0.1, 0.15) is 31.2 Å². The van der Waals surface area contributed by atoms with Crippen molar-refractivity contribution in [2.75, 3.05) is 0 Å². The Labute approximate surface area is 99.8 Å². The molecule has 0 amide bonds. The molecule has 0 aliphatic heterocycles. The molecule has 4 heteroatoms. The maximum atomic E-state index is 13.3. The molecule has 2 nitrogen and oxygen atoms in total. The number of benzene rings is 1. The maximum absolute atomic E-state index is 13.3. The smallest absolute Gasteiger partial charge is 0.128 e. The van der Waals surface area contributed by atoms with Gasteiger partial charge in [-0.25, -0.2) is 8.78 Å². The summed E-state index contributed by atoms with van der Waals surface area (Å²) in [6, 6.07) is 3.41. The normalized spacial score (nSPS) is 24.9. The van der Waals surface area contributed by atoms with Gasteiger partial charge in [0, 0.05) is 11.6 Å². The quantitative estimate of drug-likeness (QED) is 0.883. The molecule has 1 aliphatic rings. The molecule has 0 heterocycles. The van der Waals surface area contributed by atoms with E-state index in [1.165, 1.54) is 6.07 Å². The first kappa shape index (κ1) is 12.5. The van der Waals surface area contributed by atoms with Crippen LogP contribution in [0.2, 0.25) is 0 Å². The zero-order valence-electron chi connectivity index (χ0n) is 9.66. The minimum atomic E-state index is -0.446. The standard InChI is InChI=1S/C13H17F2NO/c14-10-5-6-11(15)9(7-10)8-17-13-4-2-1-3-12(13)16/h5-7,12-13H,1-4,8,16H2. The average Bonchev–Trinajstić information content (AvgIpc) is 2.32. The molecule has 2 rings (SSSR count). The van der Waals surface area contributed by atoms with E-state index in [0.29, 0.717) is 0 Å². The molecule has 1 aromatic carbocycles. The molecule has 0 aromatic heterocycles. The highest BCUT2D eigenvalue weighted by Gasteiger charge is 2.22. The zero-order valence-corrected chi connectivity index (χ0v) is 9.66. The summed E-state index contributed by atoms with van der Waals surface area (Å²) in [5.41, 5.74) is 6.17. The largest absolute Gasteiger partial charge is 0.372 e. The van der Waals surface area contributed by atoms with Gasteiger partial charge in [-0.2, -0.15) is 0 Å². The summed E-state index contributed by atoms with van der Waals surface area (Å²) in [6.45, 7) is 0.0853. The number of halogens is 2. The Bertz CT molecular complexity index is 384. The molecule has 2 atom stereocenters. The van der Waals surface area contributed by atoms with Gasteiger partial charge in [-0.3, -0.25) is 0 Å². The molecule has 2 N–H and O–H groups in total. The van der Waals surface area contributed by atoms with Crippen molar-refractivity contribution >= 4 is 0 Å². The summed E-state index contributed by atoms with van der Waals surface area (Å²) < 4.78 is 31.9. The number of nitrogens with two attached hydrogens (primary N) is 1. The van der Waals surface area contributed by atoms with Gasteiger partial charge in [-0.1, -0.05) is 12.8 Å². The van der Waals surface area contributed by atoms with Crippen molar-refractivity contribution in [2.24, 2.45) is 5.73 Å². The van der Waals surface area contributed by atoms with Crippen LogP contribution in [0.25, 0.3) is 0 Å². The zero-order chi connectivity index (χ0) is 12.3. The maximum Gasteiger partial charge on any atom is 0.128 e. The molecular weight excluding hydrogens is 224 g/mol. The minimum Gasteiger partial charge on any atom is -0.372 e. The van der Waals surface area contributed by atoms with Crippen molar-refractivity contribution < 1.29 is 13.5 Å². The number of rotatable bonds is 3. The van der Waals surface area contributed by atoms with Gasteiger partial charge < -0.3 is 10.5 Å². The van der Waals surface area contributed by atoms with Crippen molar-refractivity contribution in [3.63, 3.8) is 0 Å². The van der Waals surface area contributed by atoms with Crippen LogP contribution in [0.4, 0.5) is 8.78 Å². The SMILES string of the molecule is NC1CCCCC1OCc1cc(F)ccc1F. The van der Waals surface area contributed by atoms with E-state index in [1.54, 1.807) is 0 Å². The van der Waals surface area contributed by atoms with Crippen molar-refractivity contribution in [3.05, 3.63) is 35.4 Å². The third kappa shape index (κ3) is 3.23. The lowest BCUT2D eigenvalue weighted by atomic mass is 9.93. The van der Waals surface area contributed by atoms with Crippen LogP contribution in [0.15, 0.2) is 18.2 Å². The summed E-state index contributed by atoms with van der Waals surface area (Å²) in [4.78, 5) is 0. The van der Waals surface area contributed by atoms with Crippen LogP contribution in [-0.4, -0.2) is 12.1 Å². The fourth-order valence-electron chi connectivity index (χ4n) is 2.18. The van der Waals surface area contributed by atoms with Crippen molar-refractivity contribution in [1.29, 1.82) is 0 Å². The average molecular weight is 241 g/mol. The van der Waals surface area contributed by atoms with Crippen molar-refractivity contribution in [3.8, 4) is 0 Å². The van der Waals surface area contributed by atoms with Crippen LogP contribution in [0.5, 0.6) is 0 Å². The summed E-state index contributed by atoms with van der Waals surface area (Å²) in [7, 11) is 0. The molecule has 0 spiro atoms. The monoisotopic (exact) mass is 241 g/mol. The highest BCUT2D eigenvalue weighted by molar-refractivity contribution is 5.17. The molecule has 1 aromatic rings. The summed E-state index contributed by atoms with van der Waals surface area (Å²) in [5.74, 6) is -0.881. The summed E-state index contributed by atoms with van der Waals surface area (Å²) >= 11 is 0. The second kappa shape index (κ2) is 5.56. The fourth-order valence-corrected chi connectivity index (χ4v) is 2.18. The minimum absolute atomic E-state index is 0.0142. The first-order valence-electron chi connectivity index (χ1n) is 5.98. The van der Waals surface area contributed by atoms with E-state index >= 15 is 0 Å². The van der Waals surface area contributed by atoms with E-state index in [0.717, 1.165) is 37.8 Å². The van der Waals surface area contributed by atoms with E-state index in [-0.39, 0.29) is 24.3 Å². The molecule has 0 bridgehead atoms. The summed E-state index contributed by atoms with van der Waals surface area (Å²) in [5, 5.41) is 0. The molecular formula is C13H17F2NO. The number of hydrogen-bond donors (Lipinski definition) is 1. The van der Waals surface area contributed by atoms with Gasteiger partial charge in [0.25, 0.3) is 0 Å². The van der Waals surface area contributed by atoms with Gasteiger partial charge in [0.1, 0.15) is 11.6 Å². The first-order chi connectivity index (χ1) is 8.16. The van der Waals surface area contributed by atoms with Crippen LogP contribution in [-0.2, 0) is 11.3 Å². The second-order valence-corrected chi connectivity index (χ2v) is 4.53. The number of ether oxygens (including phenoxy) is 1. The van der Waals surface area contributed by atoms with Gasteiger partial charge in [0.15, 0.2) is 0 Å². The predicted molar refractivity (Wildman–Crippen MR) is 61.4 cm³/mol. The lowest BCUT2D eigenvalue weighted by Gasteiger charge is -2.28. The van der Waals surface area contributed by atoms with Gasteiger partial charge in [0.05, 0.1) is 12.7 Å². The first-order valence-corrected chi connectivity index (χ1v) is 5.98. The molecule has 1 saturated carbocycles. The molecule has 2 unspecified atom stereocenters. The third-order valence-electron chi connectivity index (χ3n) is 3.21. The highest BCUT2D eigenvalue weighted by Crippen LogP contribution is 2.21. The second-order valence-electron chi connectivity index (χ2n) is 4.53. The van der Waals surface area contributed by atoms with E-state index in [4.69, 9.17) is 10.5 Å². The van der Waals surface area contributed by atoms with Crippen LogP contribution in [0.3, 0.4) is 0 Å². The van der Waals surface area contributed by atoms with Gasteiger partial charge in [0.2, 0.25) is 0 Å². The lowest BCUT2D eigenvalue weighted by Crippen LogP contribution is -2.39. The summed E-state index contributed by atoms with van der Waals surface area (Å²) in [6.07, 6.45) is 4.01. The Morgan fingerprint density at radius 2 is 2.00 bits per heavy atom. The highest BCUT2D eigenvalue weighted by atomic mass is 19.1. The molecule has 1 aliphatic carbocycles. The Morgan fingerprint density at radius 3 is 2.76 bits per heavy atom. The molecule has 17 heavy (non-hydrogen) atoms. The van der Waals surface area contributed by atoms with E-state index < -0.39 is 11.6 Å². The topological polar surface area (TPSA) is 35.2 Å². The van der Waals surface area contributed by atoms with Crippen LogP contribution >= 0.6 is 0 Å². The molecule has 0 radical (unpaired) electrons. The predicted octanol–water partition coefficient (Wildman–Crippen LogP) is 2.75. The number of hydrogen-bond acceptors (Lipinski definition) is 2. The van der Waals surface area contributed by atoms with Crippen LogP contribution in [0, 0.1) is 11.6 Å². The van der Waals surface area contributed by atoms with Crippen molar-refractivity contribution in [2.45, 2.75) is 44.4 Å². The van der Waals surface area contributed by atoms with E-state index in [1.807, 2.05) is 0 Å². The van der Waals surface area contributed by atoms with E-state index in [9.17, 15) is 8.78 Å². The molecule has 0 saturated heterocycles. The fraction of sp³-hybridized carbons (Fsp3) is 0.538. The van der Waals surface area contributed by atoms with Gasteiger partial charge in [-0.15, -0.1) is 0 Å². The molecule has 1 fully saturated rings. The van der Waals surface area contributed by atoms with Gasteiger partial charge in [-0.05, 0) is 31.0 Å². The lowest BCUT2D eigenvalue weighted by molar-refractivity contribution is 0.00278. The molecule has 94 valence electrons. The Hall–Kier alpha value is -1.00. The Balaban J connectivity index is 1.94. The third-order valence-corrected chi connectivity index (χ3v) is 3.21. The Morgan fingerprint density at radius 1 is 1.24 bits per heavy atom.